The highest BCUT2D eigenvalue weighted by atomic mass is 35.5. The quantitative estimate of drug-likeness (QED) is 0.587. The molecule has 0 bridgehead atoms. The van der Waals surface area contributed by atoms with Crippen molar-refractivity contribution in [2.75, 3.05) is 5.88 Å². The standard InChI is InChI=1S/C9H7ClN2O/c10-5-8(13)9-6-3-1-2-4-7(6)11-12-9/h1-4H,5H2,(H,11,12). The monoisotopic (exact) mass is 194 g/mol. The van der Waals surface area contributed by atoms with Crippen molar-refractivity contribution in [3.05, 3.63) is 30.0 Å². The van der Waals surface area contributed by atoms with Gasteiger partial charge in [0.1, 0.15) is 5.69 Å². The molecule has 3 nitrogen and oxygen atoms in total. The van der Waals surface area contributed by atoms with Gasteiger partial charge in [0.25, 0.3) is 0 Å². The average Bonchev–Trinajstić information content (AvgIpc) is 2.60. The van der Waals surface area contributed by atoms with Crippen LogP contribution in [0.4, 0.5) is 0 Å². The van der Waals surface area contributed by atoms with Crippen LogP contribution in [-0.4, -0.2) is 21.9 Å². The predicted octanol–water partition coefficient (Wildman–Crippen LogP) is 1.98. The first-order valence-electron chi connectivity index (χ1n) is 3.85. The van der Waals surface area contributed by atoms with E-state index in [4.69, 9.17) is 11.6 Å². The van der Waals surface area contributed by atoms with E-state index in [9.17, 15) is 4.79 Å². The molecular weight excluding hydrogens is 188 g/mol. The fourth-order valence-corrected chi connectivity index (χ4v) is 1.37. The number of hydrogen-bond donors (Lipinski definition) is 1. The van der Waals surface area contributed by atoms with Gasteiger partial charge >= 0.3 is 0 Å². The highest BCUT2D eigenvalue weighted by Gasteiger charge is 2.11. The molecule has 0 spiro atoms. The zero-order valence-corrected chi connectivity index (χ0v) is 7.51. The molecule has 0 unspecified atom stereocenters. The third-order valence-corrected chi connectivity index (χ3v) is 2.10. The Bertz CT molecular complexity index is 450. The van der Waals surface area contributed by atoms with Gasteiger partial charge < -0.3 is 0 Å². The van der Waals surface area contributed by atoms with Crippen LogP contribution in [0.15, 0.2) is 24.3 Å². The molecule has 1 N–H and O–H groups in total. The van der Waals surface area contributed by atoms with Crippen molar-refractivity contribution >= 4 is 28.3 Å². The van der Waals surface area contributed by atoms with Gasteiger partial charge in [-0.2, -0.15) is 5.10 Å². The zero-order chi connectivity index (χ0) is 9.26. The van der Waals surface area contributed by atoms with Crippen molar-refractivity contribution in [2.45, 2.75) is 0 Å². The Morgan fingerprint density at radius 2 is 2.23 bits per heavy atom. The number of ketones is 1. The first-order chi connectivity index (χ1) is 6.33. The molecule has 0 radical (unpaired) electrons. The van der Waals surface area contributed by atoms with Crippen LogP contribution in [-0.2, 0) is 0 Å². The summed E-state index contributed by atoms with van der Waals surface area (Å²) >= 11 is 5.44. The molecule has 1 heterocycles. The molecule has 2 aromatic rings. The van der Waals surface area contributed by atoms with Gasteiger partial charge in [-0.3, -0.25) is 9.89 Å². The summed E-state index contributed by atoms with van der Waals surface area (Å²) in [5.41, 5.74) is 1.28. The van der Waals surface area contributed by atoms with Crippen molar-refractivity contribution in [1.29, 1.82) is 0 Å². The lowest BCUT2D eigenvalue weighted by atomic mass is 10.2. The van der Waals surface area contributed by atoms with Crippen molar-refractivity contribution in [3.63, 3.8) is 0 Å². The second-order valence-corrected chi connectivity index (χ2v) is 2.94. The van der Waals surface area contributed by atoms with Crippen molar-refractivity contribution in [2.24, 2.45) is 0 Å². The van der Waals surface area contributed by atoms with E-state index in [0.717, 1.165) is 10.9 Å². The molecule has 0 saturated carbocycles. The number of alkyl halides is 1. The van der Waals surface area contributed by atoms with Crippen LogP contribution >= 0.6 is 11.6 Å². The minimum Gasteiger partial charge on any atom is -0.291 e. The highest BCUT2D eigenvalue weighted by molar-refractivity contribution is 6.31. The fraction of sp³-hybridized carbons (Fsp3) is 0.111. The van der Waals surface area contributed by atoms with E-state index < -0.39 is 0 Å². The Balaban J connectivity index is 2.64. The Labute approximate surface area is 79.7 Å². The van der Waals surface area contributed by atoms with E-state index in [1.165, 1.54) is 0 Å². The number of hydrogen-bond acceptors (Lipinski definition) is 2. The minimum absolute atomic E-state index is 0.0329. The summed E-state index contributed by atoms with van der Waals surface area (Å²) in [5.74, 6) is -0.186. The molecule has 0 fully saturated rings. The smallest absolute Gasteiger partial charge is 0.198 e. The molecule has 0 amide bonds. The SMILES string of the molecule is O=C(CCl)c1n[nH]c2ccccc12. The first-order valence-corrected chi connectivity index (χ1v) is 4.38. The zero-order valence-electron chi connectivity index (χ0n) is 6.75. The molecule has 0 atom stereocenters. The Morgan fingerprint density at radius 3 is 3.00 bits per heavy atom. The molecule has 0 saturated heterocycles. The highest BCUT2D eigenvalue weighted by Crippen LogP contribution is 2.15. The van der Waals surface area contributed by atoms with Gasteiger partial charge in [0, 0.05) is 5.39 Å². The van der Waals surface area contributed by atoms with Gasteiger partial charge in [0.2, 0.25) is 0 Å². The van der Waals surface area contributed by atoms with Crippen molar-refractivity contribution < 1.29 is 4.79 Å². The maximum Gasteiger partial charge on any atom is 0.198 e. The van der Waals surface area contributed by atoms with Crippen LogP contribution in [0.1, 0.15) is 10.5 Å². The number of rotatable bonds is 2. The van der Waals surface area contributed by atoms with E-state index in [2.05, 4.69) is 10.2 Å². The van der Waals surface area contributed by atoms with Gasteiger partial charge in [-0.05, 0) is 6.07 Å². The van der Waals surface area contributed by atoms with E-state index in [1.54, 1.807) is 0 Å². The lowest BCUT2D eigenvalue weighted by Gasteiger charge is -1.90. The van der Waals surface area contributed by atoms with Gasteiger partial charge in [-0.15, -0.1) is 11.6 Å². The predicted molar refractivity (Wildman–Crippen MR) is 51.1 cm³/mol. The minimum atomic E-state index is -0.154. The summed E-state index contributed by atoms with van der Waals surface area (Å²) in [6, 6.07) is 7.46. The number of Topliss-reactive ketones (excluding diaryl/α,β-unsaturated/α-hetero) is 1. The van der Waals surface area contributed by atoms with Gasteiger partial charge in [-0.25, -0.2) is 0 Å². The Hall–Kier alpha value is -1.35. The van der Waals surface area contributed by atoms with Crippen LogP contribution in [0.25, 0.3) is 10.9 Å². The summed E-state index contributed by atoms with van der Waals surface area (Å²) in [7, 11) is 0. The second-order valence-electron chi connectivity index (χ2n) is 2.67. The molecular formula is C9H7ClN2O. The molecule has 1 aromatic heterocycles. The first kappa shape index (κ1) is 8.26. The van der Waals surface area contributed by atoms with Gasteiger partial charge in [-0.1, -0.05) is 18.2 Å². The number of benzene rings is 1. The van der Waals surface area contributed by atoms with Crippen molar-refractivity contribution in [1.82, 2.24) is 10.2 Å². The molecule has 0 aliphatic rings. The van der Waals surface area contributed by atoms with Gasteiger partial charge in [0.15, 0.2) is 5.78 Å². The summed E-state index contributed by atoms with van der Waals surface area (Å²) in [5, 5.41) is 7.51. The van der Waals surface area contributed by atoms with Crippen LogP contribution in [0.2, 0.25) is 0 Å². The normalized spacial score (nSPS) is 10.5. The Morgan fingerprint density at radius 1 is 1.46 bits per heavy atom. The van der Waals surface area contributed by atoms with Crippen LogP contribution in [0.5, 0.6) is 0 Å². The lowest BCUT2D eigenvalue weighted by molar-refractivity contribution is 0.101. The topological polar surface area (TPSA) is 45.8 Å². The fourth-order valence-electron chi connectivity index (χ4n) is 1.24. The van der Waals surface area contributed by atoms with E-state index >= 15 is 0 Å². The Kier molecular flexibility index (Phi) is 2.02. The van der Waals surface area contributed by atoms with E-state index in [0.29, 0.717) is 5.69 Å². The number of carbonyl (C=O) groups excluding carboxylic acids is 1. The third-order valence-electron chi connectivity index (χ3n) is 1.86. The number of H-pyrrole nitrogens is 1. The molecule has 66 valence electrons. The molecule has 1 aromatic carbocycles. The molecule has 4 heteroatoms. The molecule has 13 heavy (non-hydrogen) atoms. The van der Waals surface area contributed by atoms with Crippen LogP contribution < -0.4 is 0 Å². The molecule has 0 aliphatic heterocycles. The lowest BCUT2D eigenvalue weighted by Crippen LogP contribution is -2.00. The van der Waals surface area contributed by atoms with Crippen LogP contribution in [0.3, 0.4) is 0 Å². The number of carbonyl (C=O) groups is 1. The third kappa shape index (κ3) is 1.31. The number of aromatic nitrogens is 2. The summed E-state index contributed by atoms with van der Waals surface area (Å²) in [4.78, 5) is 11.3. The summed E-state index contributed by atoms with van der Waals surface area (Å²) in [6.45, 7) is 0. The number of nitrogens with zero attached hydrogens (tertiary/aromatic N) is 1. The van der Waals surface area contributed by atoms with Gasteiger partial charge in [0.05, 0.1) is 11.4 Å². The second kappa shape index (κ2) is 3.18. The summed E-state index contributed by atoms with van der Waals surface area (Å²) < 4.78 is 0. The number of aromatic amines is 1. The maximum atomic E-state index is 11.3. The largest absolute Gasteiger partial charge is 0.291 e. The van der Waals surface area contributed by atoms with E-state index in [-0.39, 0.29) is 11.7 Å². The number of para-hydroxylation sites is 1. The number of nitrogens with one attached hydrogen (secondary N) is 1. The van der Waals surface area contributed by atoms with Crippen molar-refractivity contribution in [3.8, 4) is 0 Å². The molecule has 0 aliphatic carbocycles. The number of fused-ring (bicyclic) bond motifs is 1. The van der Waals surface area contributed by atoms with E-state index in [1.807, 2.05) is 24.3 Å². The molecule has 2 rings (SSSR count). The summed E-state index contributed by atoms with van der Waals surface area (Å²) in [6.07, 6.45) is 0. The maximum absolute atomic E-state index is 11.3. The number of halogens is 1. The van der Waals surface area contributed by atoms with Crippen LogP contribution in [0, 0.1) is 0 Å². The average molecular weight is 195 g/mol.